The monoisotopic (exact) mass is 386 g/mol. The van der Waals surface area contributed by atoms with E-state index in [9.17, 15) is 13.6 Å². The molecule has 0 aliphatic heterocycles. The number of halogens is 2. The average Bonchev–Trinajstić information content (AvgIpc) is 2.93. The highest BCUT2D eigenvalue weighted by molar-refractivity contribution is 5.75. The third-order valence-corrected chi connectivity index (χ3v) is 4.28. The van der Waals surface area contributed by atoms with Gasteiger partial charge in [0.1, 0.15) is 17.3 Å². The molecule has 146 valence electrons. The lowest BCUT2D eigenvalue weighted by atomic mass is 10.2. The predicted molar refractivity (Wildman–Crippen MR) is 101 cm³/mol. The van der Waals surface area contributed by atoms with E-state index in [-0.39, 0.29) is 12.3 Å². The Labute approximate surface area is 160 Å². The first-order chi connectivity index (χ1) is 13.3. The number of hydrogen-bond donors (Lipinski definition) is 2. The van der Waals surface area contributed by atoms with E-state index in [2.05, 4.69) is 10.4 Å². The van der Waals surface area contributed by atoms with Gasteiger partial charge in [-0.25, -0.2) is 13.5 Å². The Balaban J connectivity index is 1.73. The second-order valence-electron chi connectivity index (χ2n) is 6.29. The normalized spacial score (nSPS) is 10.7. The third kappa shape index (κ3) is 4.28. The van der Waals surface area contributed by atoms with Gasteiger partial charge in [0.05, 0.1) is 5.69 Å². The van der Waals surface area contributed by atoms with Crippen molar-refractivity contribution in [2.45, 2.75) is 20.4 Å². The highest BCUT2D eigenvalue weighted by Gasteiger charge is 2.15. The van der Waals surface area contributed by atoms with Crippen molar-refractivity contribution >= 4 is 11.6 Å². The number of aromatic nitrogens is 2. The maximum absolute atomic E-state index is 14.1. The van der Waals surface area contributed by atoms with Crippen LogP contribution in [0.2, 0.25) is 0 Å². The standard InChI is InChI=1S/C20H20F2N4O2/c1-12-17(10-24-15-4-6-16(7-5-15)28-11-20(23)27)13(2)26(25-12)19-8-3-14(21)9-18(19)22/h3-9,24H,10-11H2,1-2H3,(H2,23,27). The Morgan fingerprint density at radius 3 is 2.54 bits per heavy atom. The minimum absolute atomic E-state index is 0.176. The van der Waals surface area contributed by atoms with Crippen LogP contribution >= 0.6 is 0 Å². The van der Waals surface area contributed by atoms with Gasteiger partial charge in [-0.15, -0.1) is 0 Å². The summed E-state index contributed by atoms with van der Waals surface area (Å²) in [4.78, 5) is 10.7. The molecule has 0 fully saturated rings. The summed E-state index contributed by atoms with van der Waals surface area (Å²) in [7, 11) is 0. The molecular formula is C20H20F2N4O2. The lowest BCUT2D eigenvalue weighted by molar-refractivity contribution is -0.119. The maximum Gasteiger partial charge on any atom is 0.255 e. The molecule has 2 aromatic carbocycles. The van der Waals surface area contributed by atoms with Gasteiger partial charge in [-0.05, 0) is 50.2 Å². The number of aryl methyl sites for hydroxylation is 1. The Bertz CT molecular complexity index is 1000. The smallest absolute Gasteiger partial charge is 0.255 e. The summed E-state index contributed by atoms with van der Waals surface area (Å²) in [6, 6.07) is 10.5. The van der Waals surface area contributed by atoms with Crippen molar-refractivity contribution in [1.29, 1.82) is 0 Å². The molecular weight excluding hydrogens is 366 g/mol. The van der Waals surface area contributed by atoms with Crippen LogP contribution in [0, 0.1) is 25.5 Å². The Hall–Kier alpha value is -3.42. The zero-order valence-electron chi connectivity index (χ0n) is 15.5. The van der Waals surface area contributed by atoms with Gasteiger partial charge in [0.25, 0.3) is 5.91 Å². The summed E-state index contributed by atoms with van der Waals surface area (Å²) in [6.45, 7) is 3.97. The number of anilines is 1. The van der Waals surface area contributed by atoms with Gasteiger partial charge in [0.2, 0.25) is 0 Å². The SMILES string of the molecule is Cc1nn(-c2ccc(F)cc2F)c(C)c1CNc1ccc(OCC(N)=O)cc1. The number of hydrogen-bond acceptors (Lipinski definition) is 4. The first-order valence-corrected chi connectivity index (χ1v) is 8.60. The van der Waals surface area contributed by atoms with Crippen LogP contribution in [0.3, 0.4) is 0 Å². The number of primary amides is 1. The molecule has 0 atom stereocenters. The number of ether oxygens (including phenoxy) is 1. The van der Waals surface area contributed by atoms with Crippen molar-refractivity contribution in [3.63, 3.8) is 0 Å². The largest absolute Gasteiger partial charge is 0.484 e. The number of rotatable bonds is 7. The zero-order valence-corrected chi connectivity index (χ0v) is 15.5. The maximum atomic E-state index is 14.1. The van der Waals surface area contributed by atoms with Crippen LogP contribution in [0.4, 0.5) is 14.5 Å². The van der Waals surface area contributed by atoms with Gasteiger partial charge in [-0.2, -0.15) is 5.10 Å². The van der Waals surface area contributed by atoms with Crippen LogP contribution in [0.1, 0.15) is 17.0 Å². The first kappa shape index (κ1) is 19.3. The Morgan fingerprint density at radius 1 is 1.18 bits per heavy atom. The molecule has 6 nitrogen and oxygen atoms in total. The van der Waals surface area contributed by atoms with E-state index >= 15 is 0 Å². The van der Waals surface area contributed by atoms with Crippen LogP contribution in [0.25, 0.3) is 5.69 Å². The summed E-state index contributed by atoms with van der Waals surface area (Å²) >= 11 is 0. The zero-order chi connectivity index (χ0) is 20.3. The highest BCUT2D eigenvalue weighted by atomic mass is 19.1. The minimum atomic E-state index is -0.670. The minimum Gasteiger partial charge on any atom is -0.484 e. The molecule has 0 saturated carbocycles. The van der Waals surface area contributed by atoms with Crippen molar-refractivity contribution in [2.24, 2.45) is 5.73 Å². The van der Waals surface area contributed by atoms with Gasteiger partial charge < -0.3 is 15.8 Å². The molecule has 0 bridgehead atoms. The fraction of sp³-hybridized carbons (Fsp3) is 0.200. The van der Waals surface area contributed by atoms with E-state index in [1.165, 1.54) is 16.8 Å². The van der Waals surface area contributed by atoms with Gasteiger partial charge in [-0.3, -0.25) is 4.79 Å². The second-order valence-corrected chi connectivity index (χ2v) is 6.29. The van der Waals surface area contributed by atoms with E-state index in [1.54, 1.807) is 12.1 Å². The molecule has 0 saturated heterocycles. The number of nitrogens with two attached hydrogens (primary N) is 1. The quantitative estimate of drug-likeness (QED) is 0.653. The number of carbonyl (C=O) groups excluding carboxylic acids is 1. The lowest BCUT2D eigenvalue weighted by Crippen LogP contribution is -2.19. The number of benzene rings is 2. The van der Waals surface area contributed by atoms with Gasteiger partial charge in [-0.1, -0.05) is 0 Å². The summed E-state index contributed by atoms with van der Waals surface area (Å²) in [6.07, 6.45) is 0. The van der Waals surface area contributed by atoms with Crippen LogP contribution in [-0.2, 0) is 11.3 Å². The Morgan fingerprint density at radius 2 is 1.89 bits per heavy atom. The van der Waals surface area contributed by atoms with Crippen LogP contribution in [0.15, 0.2) is 42.5 Å². The van der Waals surface area contributed by atoms with E-state index in [4.69, 9.17) is 10.5 Å². The molecule has 28 heavy (non-hydrogen) atoms. The third-order valence-electron chi connectivity index (χ3n) is 4.28. The fourth-order valence-corrected chi connectivity index (χ4v) is 2.83. The average molecular weight is 386 g/mol. The fourth-order valence-electron chi connectivity index (χ4n) is 2.83. The molecule has 3 N–H and O–H groups in total. The number of carbonyl (C=O) groups is 1. The van der Waals surface area contributed by atoms with Crippen molar-refractivity contribution < 1.29 is 18.3 Å². The summed E-state index contributed by atoms with van der Waals surface area (Å²) in [5.74, 6) is -1.30. The molecule has 3 rings (SSSR count). The van der Waals surface area contributed by atoms with Crippen molar-refractivity contribution in [1.82, 2.24) is 9.78 Å². The molecule has 0 radical (unpaired) electrons. The lowest BCUT2D eigenvalue weighted by Gasteiger charge is -2.09. The molecule has 8 heteroatoms. The summed E-state index contributed by atoms with van der Waals surface area (Å²) in [5.41, 5.74) is 8.50. The van der Waals surface area contributed by atoms with Crippen molar-refractivity contribution in [3.05, 3.63) is 71.1 Å². The van der Waals surface area contributed by atoms with Gasteiger partial charge in [0.15, 0.2) is 12.4 Å². The van der Waals surface area contributed by atoms with Crippen LogP contribution in [0.5, 0.6) is 5.75 Å². The second kappa shape index (κ2) is 8.08. The molecule has 1 amide bonds. The number of amides is 1. The molecule has 3 aromatic rings. The summed E-state index contributed by atoms with van der Waals surface area (Å²) in [5, 5.41) is 7.66. The molecule has 0 aliphatic rings. The highest BCUT2D eigenvalue weighted by Crippen LogP contribution is 2.22. The molecule has 0 aliphatic carbocycles. The molecule has 0 spiro atoms. The van der Waals surface area contributed by atoms with Crippen LogP contribution < -0.4 is 15.8 Å². The van der Waals surface area contributed by atoms with Crippen LogP contribution in [-0.4, -0.2) is 22.3 Å². The topological polar surface area (TPSA) is 82.2 Å². The molecule has 0 unspecified atom stereocenters. The number of nitrogens with one attached hydrogen (secondary N) is 1. The predicted octanol–water partition coefficient (Wildman–Crippen LogP) is 3.24. The van der Waals surface area contributed by atoms with Gasteiger partial charge >= 0.3 is 0 Å². The summed E-state index contributed by atoms with van der Waals surface area (Å²) < 4.78 is 34.0. The van der Waals surface area contributed by atoms with E-state index in [0.717, 1.165) is 28.7 Å². The number of nitrogens with zero attached hydrogens (tertiary/aromatic N) is 2. The Kier molecular flexibility index (Phi) is 5.58. The van der Waals surface area contributed by atoms with E-state index in [1.807, 2.05) is 26.0 Å². The first-order valence-electron chi connectivity index (χ1n) is 8.60. The van der Waals surface area contributed by atoms with E-state index in [0.29, 0.717) is 12.3 Å². The molecule has 1 aromatic heterocycles. The van der Waals surface area contributed by atoms with E-state index < -0.39 is 17.5 Å². The van der Waals surface area contributed by atoms with Crippen molar-refractivity contribution in [3.8, 4) is 11.4 Å². The molecule has 1 heterocycles. The van der Waals surface area contributed by atoms with Crippen molar-refractivity contribution in [2.75, 3.05) is 11.9 Å². The van der Waals surface area contributed by atoms with Gasteiger partial charge in [0, 0.05) is 29.6 Å².